The van der Waals surface area contributed by atoms with Gasteiger partial charge in [-0.3, -0.25) is 4.79 Å². The van der Waals surface area contributed by atoms with Crippen LogP contribution in [0.1, 0.15) is 12.5 Å². The smallest absolute Gasteiger partial charge is 0.277 e. The first kappa shape index (κ1) is 17.7. The molecule has 5 nitrogen and oxygen atoms in total. The van der Waals surface area contributed by atoms with E-state index >= 15 is 0 Å². The quantitative estimate of drug-likeness (QED) is 0.773. The molecular weight excluding hydrogens is 308 g/mol. The molecule has 2 N–H and O–H groups in total. The monoisotopic (exact) mass is 335 g/mol. The lowest BCUT2D eigenvalue weighted by molar-refractivity contribution is -0.896. The molecule has 0 aromatic heterocycles. The van der Waals surface area contributed by atoms with Gasteiger partial charge in [-0.05, 0) is 36.3 Å². The summed E-state index contributed by atoms with van der Waals surface area (Å²) in [5.74, 6) is 0.185. The number of aryl methyl sites for hydroxylation is 1. The number of thiocarbonyl (C=S) groups is 1. The topological polar surface area (TPSA) is 40.0 Å². The number of likely N-dealkylation sites (N-methyl/N-ethyl adjacent to an activating group) is 1. The van der Waals surface area contributed by atoms with Gasteiger partial charge in [-0.1, -0.05) is 19.1 Å². The highest BCUT2D eigenvalue weighted by molar-refractivity contribution is 7.80. The molecular formula is C17H27N4OS+. The van der Waals surface area contributed by atoms with Crippen molar-refractivity contribution in [2.24, 2.45) is 0 Å². The molecule has 2 rings (SSSR count). The zero-order valence-electron chi connectivity index (χ0n) is 14.3. The average molecular weight is 335 g/mol. The number of nitrogens with one attached hydrogen (secondary N) is 2. The molecule has 1 saturated heterocycles. The molecule has 1 aliphatic rings. The third-order valence-corrected chi connectivity index (χ3v) is 4.63. The Morgan fingerprint density at radius 2 is 1.87 bits per heavy atom. The number of carbonyl (C=O) groups is 1. The van der Waals surface area contributed by atoms with Crippen LogP contribution in [0.3, 0.4) is 0 Å². The van der Waals surface area contributed by atoms with Gasteiger partial charge in [0.2, 0.25) is 0 Å². The van der Waals surface area contributed by atoms with Gasteiger partial charge in [-0.2, -0.15) is 0 Å². The molecule has 1 aromatic rings. The Morgan fingerprint density at radius 3 is 2.39 bits per heavy atom. The zero-order valence-corrected chi connectivity index (χ0v) is 15.1. The zero-order chi connectivity index (χ0) is 16.8. The summed E-state index contributed by atoms with van der Waals surface area (Å²) in [5, 5.41) is 4.08. The van der Waals surface area contributed by atoms with Crippen molar-refractivity contribution < 1.29 is 9.69 Å². The molecule has 0 unspecified atom stereocenters. The van der Waals surface area contributed by atoms with Gasteiger partial charge in [-0.15, -0.1) is 0 Å². The lowest BCUT2D eigenvalue weighted by atomic mass is 10.1. The van der Waals surface area contributed by atoms with Gasteiger partial charge >= 0.3 is 0 Å². The molecule has 1 fully saturated rings. The Hall–Kier alpha value is -1.66. The summed E-state index contributed by atoms with van der Waals surface area (Å²) in [4.78, 5) is 16.9. The molecule has 0 radical (unpaired) electrons. The van der Waals surface area contributed by atoms with Gasteiger partial charge in [-0.25, -0.2) is 0 Å². The van der Waals surface area contributed by atoms with E-state index < -0.39 is 0 Å². The van der Waals surface area contributed by atoms with E-state index in [0.29, 0.717) is 6.54 Å². The van der Waals surface area contributed by atoms with Crippen molar-refractivity contribution in [2.75, 3.05) is 52.1 Å². The Morgan fingerprint density at radius 1 is 1.26 bits per heavy atom. The molecule has 0 aliphatic carbocycles. The number of carbonyl (C=O) groups excluding carboxylic acids is 1. The molecule has 1 aromatic carbocycles. The van der Waals surface area contributed by atoms with E-state index in [1.165, 1.54) is 10.5 Å². The number of hydrogen-bond donors (Lipinski definition) is 2. The molecule has 23 heavy (non-hydrogen) atoms. The maximum atomic E-state index is 11.8. The minimum Gasteiger partial charge on any atom is -0.344 e. The largest absolute Gasteiger partial charge is 0.344 e. The molecule has 0 atom stereocenters. The summed E-state index contributed by atoms with van der Waals surface area (Å²) in [6, 6.07) is 8.39. The van der Waals surface area contributed by atoms with Gasteiger partial charge in [0.05, 0.1) is 26.2 Å². The van der Waals surface area contributed by atoms with E-state index in [9.17, 15) is 4.79 Å². The normalized spacial score (nSPS) is 15.3. The van der Waals surface area contributed by atoms with Crippen molar-refractivity contribution in [1.82, 2.24) is 9.80 Å². The van der Waals surface area contributed by atoms with Crippen molar-refractivity contribution in [3.8, 4) is 0 Å². The van der Waals surface area contributed by atoms with E-state index in [4.69, 9.17) is 12.2 Å². The second-order valence-corrected chi connectivity index (χ2v) is 6.57. The number of anilines is 1. The molecule has 1 amide bonds. The SMILES string of the molecule is CCc1ccc(NC(=S)N2CC[NH+](CC(=O)N(C)C)CC2)cc1. The fourth-order valence-electron chi connectivity index (χ4n) is 2.60. The summed E-state index contributed by atoms with van der Waals surface area (Å²) in [6.45, 7) is 6.37. The predicted molar refractivity (Wildman–Crippen MR) is 97.9 cm³/mol. The number of benzene rings is 1. The average Bonchev–Trinajstić information content (AvgIpc) is 2.56. The van der Waals surface area contributed by atoms with Gasteiger partial charge < -0.3 is 20.0 Å². The van der Waals surface area contributed by atoms with Crippen LogP contribution in [0.4, 0.5) is 5.69 Å². The van der Waals surface area contributed by atoms with Gasteiger partial charge in [0.15, 0.2) is 11.7 Å². The second kappa shape index (κ2) is 8.26. The van der Waals surface area contributed by atoms with Crippen molar-refractivity contribution in [2.45, 2.75) is 13.3 Å². The van der Waals surface area contributed by atoms with Crippen LogP contribution in [-0.2, 0) is 11.2 Å². The minimum atomic E-state index is 0.185. The van der Waals surface area contributed by atoms with Crippen molar-refractivity contribution in [3.63, 3.8) is 0 Å². The number of quaternary nitrogens is 1. The minimum absolute atomic E-state index is 0.185. The van der Waals surface area contributed by atoms with Crippen molar-refractivity contribution in [3.05, 3.63) is 29.8 Å². The van der Waals surface area contributed by atoms with Crippen molar-refractivity contribution in [1.29, 1.82) is 0 Å². The number of hydrogen-bond acceptors (Lipinski definition) is 2. The summed E-state index contributed by atoms with van der Waals surface area (Å²) in [5.41, 5.74) is 2.36. The number of rotatable bonds is 4. The third-order valence-electron chi connectivity index (χ3n) is 4.27. The highest BCUT2D eigenvalue weighted by Crippen LogP contribution is 2.11. The first-order valence-corrected chi connectivity index (χ1v) is 8.59. The fraction of sp³-hybridized carbons (Fsp3) is 0.529. The van der Waals surface area contributed by atoms with Gasteiger partial charge in [0.1, 0.15) is 0 Å². The maximum absolute atomic E-state index is 11.8. The van der Waals surface area contributed by atoms with E-state index in [1.54, 1.807) is 19.0 Å². The Kier molecular flexibility index (Phi) is 6.36. The van der Waals surface area contributed by atoms with Crippen LogP contribution in [0.2, 0.25) is 0 Å². The third kappa shape index (κ3) is 5.18. The summed E-state index contributed by atoms with van der Waals surface area (Å²) in [6.07, 6.45) is 1.04. The molecule has 1 aliphatic heterocycles. The Bertz CT molecular complexity index is 536. The molecule has 0 saturated carbocycles. The number of nitrogens with zero attached hydrogens (tertiary/aromatic N) is 2. The summed E-state index contributed by atoms with van der Waals surface area (Å²) >= 11 is 5.52. The highest BCUT2D eigenvalue weighted by Gasteiger charge is 2.24. The van der Waals surface area contributed by atoms with Crippen LogP contribution in [-0.4, -0.2) is 67.6 Å². The van der Waals surface area contributed by atoms with Crippen LogP contribution in [0.25, 0.3) is 0 Å². The van der Waals surface area contributed by atoms with E-state index in [2.05, 4.69) is 41.4 Å². The fourth-order valence-corrected chi connectivity index (χ4v) is 2.90. The highest BCUT2D eigenvalue weighted by atomic mass is 32.1. The molecule has 6 heteroatoms. The Balaban J connectivity index is 1.80. The second-order valence-electron chi connectivity index (χ2n) is 6.18. The van der Waals surface area contributed by atoms with E-state index in [-0.39, 0.29) is 5.91 Å². The number of amides is 1. The summed E-state index contributed by atoms with van der Waals surface area (Å²) in [7, 11) is 3.61. The predicted octanol–water partition coefficient (Wildman–Crippen LogP) is 0.235. The van der Waals surface area contributed by atoms with Crippen LogP contribution in [0.5, 0.6) is 0 Å². The van der Waals surface area contributed by atoms with E-state index in [1.807, 2.05) is 0 Å². The van der Waals surface area contributed by atoms with Crippen LogP contribution < -0.4 is 10.2 Å². The van der Waals surface area contributed by atoms with Gasteiger partial charge in [0.25, 0.3) is 5.91 Å². The maximum Gasteiger partial charge on any atom is 0.277 e. The lowest BCUT2D eigenvalue weighted by Gasteiger charge is -2.33. The lowest BCUT2D eigenvalue weighted by Crippen LogP contribution is -3.15. The first-order chi connectivity index (χ1) is 11.0. The first-order valence-electron chi connectivity index (χ1n) is 8.18. The molecule has 0 spiro atoms. The van der Waals surface area contributed by atoms with Crippen LogP contribution in [0, 0.1) is 0 Å². The molecule has 0 bridgehead atoms. The van der Waals surface area contributed by atoms with Crippen LogP contribution in [0.15, 0.2) is 24.3 Å². The standard InChI is InChI=1S/C17H26N4OS/c1-4-14-5-7-15(8-6-14)18-17(23)21-11-9-20(10-12-21)13-16(22)19(2)3/h5-8H,4,9-13H2,1-3H3,(H,18,23)/p+1. The van der Waals surface area contributed by atoms with Crippen LogP contribution >= 0.6 is 12.2 Å². The molecule has 1 heterocycles. The van der Waals surface area contributed by atoms with E-state index in [0.717, 1.165) is 43.4 Å². The summed E-state index contributed by atoms with van der Waals surface area (Å²) < 4.78 is 0. The van der Waals surface area contributed by atoms with Crippen molar-refractivity contribution >= 4 is 28.9 Å². The van der Waals surface area contributed by atoms with Gasteiger partial charge in [0, 0.05) is 19.8 Å². The Labute approximate surface area is 144 Å². The number of piperazine rings is 1. The molecule has 126 valence electrons.